The molecule has 0 aliphatic heterocycles. The summed E-state index contributed by atoms with van der Waals surface area (Å²) in [5, 5.41) is 27.8. The van der Waals surface area contributed by atoms with E-state index < -0.39 is 4.92 Å². The van der Waals surface area contributed by atoms with Crippen LogP contribution in [0.2, 0.25) is 0 Å². The molecule has 0 amide bonds. The lowest BCUT2D eigenvalue weighted by Crippen LogP contribution is -2.01. The number of nitro benzene ring substituents is 1. The van der Waals surface area contributed by atoms with Crippen LogP contribution in [0.5, 0.6) is 5.75 Å². The molecule has 0 saturated carbocycles. The van der Waals surface area contributed by atoms with E-state index in [1.807, 2.05) is 28.7 Å². The van der Waals surface area contributed by atoms with Gasteiger partial charge in [-0.1, -0.05) is 0 Å². The zero-order valence-corrected chi connectivity index (χ0v) is 9.96. The van der Waals surface area contributed by atoms with E-state index in [4.69, 9.17) is 15.3 Å². The van der Waals surface area contributed by atoms with E-state index >= 15 is 0 Å². The molecule has 0 spiro atoms. The predicted octanol–water partition coefficient (Wildman–Crippen LogP) is 1.97. The van der Waals surface area contributed by atoms with Crippen molar-refractivity contribution in [3.63, 3.8) is 0 Å². The van der Waals surface area contributed by atoms with Crippen LogP contribution in [0.1, 0.15) is 5.56 Å². The Morgan fingerprint density at radius 2 is 2.19 bits per heavy atom. The van der Waals surface area contributed by atoms with E-state index in [1.165, 1.54) is 6.07 Å². The first-order valence-electron chi connectivity index (χ1n) is 3.98. The molecule has 0 radical (unpaired) electrons. The number of nitrogens with zero attached hydrogens (tertiary/aromatic N) is 3. The van der Waals surface area contributed by atoms with Crippen molar-refractivity contribution in [2.45, 2.75) is 0 Å². The van der Waals surface area contributed by atoms with Crippen molar-refractivity contribution in [1.29, 1.82) is 10.5 Å². The van der Waals surface area contributed by atoms with Crippen molar-refractivity contribution >= 4 is 28.3 Å². The van der Waals surface area contributed by atoms with Crippen molar-refractivity contribution in [1.82, 2.24) is 0 Å². The van der Waals surface area contributed by atoms with Crippen molar-refractivity contribution in [3.05, 3.63) is 31.4 Å². The number of hydrogen-bond acceptors (Lipinski definition) is 5. The molecule has 1 aromatic rings. The van der Waals surface area contributed by atoms with E-state index in [-0.39, 0.29) is 23.6 Å². The molecule has 0 aliphatic carbocycles. The SMILES string of the molecule is N#CCOc1c(I)cc(C#N)cc1[N+](=O)[O-]. The molecule has 0 aliphatic rings. The fourth-order valence-corrected chi connectivity index (χ4v) is 1.79. The van der Waals surface area contributed by atoms with Gasteiger partial charge < -0.3 is 4.74 Å². The summed E-state index contributed by atoms with van der Waals surface area (Å²) in [7, 11) is 0. The topological polar surface area (TPSA) is 99.9 Å². The van der Waals surface area contributed by atoms with Gasteiger partial charge in [0.25, 0.3) is 0 Å². The standard InChI is InChI=1S/C9H4IN3O3/c10-7-3-6(5-12)4-8(13(14)15)9(7)16-2-1-11/h3-4H,2H2. The minimum atomic E-state index is -0.643. The molecule has 1 rings (SSSR count). The van der Waals surface area contributed by atoms with Crippen molar-refractivity contribution in [2.24, 2.45) is 0 Å². The third-order valence-corrected chi connectivity index (χ3v) is 2.43. The fraction of sp³-hybridized carbons (Fsp3) is 0.111. The Morgan fingerprint density at radius 3 is 2.69 bits per heavy atom. The van der Waals surface area contributed by atoms with Gasteiger partial charge >= 0.3 is 5.69 Å². The zero-order chi connectivity index (χ0) is 12.1. The molecule has 0 fully saturated rings. The highest BCUT2D eigenvalue weighted by molar-refractivity contribution is 14.1. The summed E-state index contributed by atoms with van der Waals surface area (Å²) in [5.74, 6) is 0.0196. The molecule has 0 saturated heterocycles. The van der Waals surface area contributed by atoms with Gasteiger partial charge in [-0.05, 0) is 28.7 Å². The molecule has 6 nitrogen and oxygen atoms in total. The van der Waals surface area contributed by atoms with E-state index in [1.54, 1.807) is 6.07 Å². The molecule has 7 heteroatoms. The minimum Gasteiger partial charge on any atom is -0.471 e. The Balaban J connectivity index is 3.30. The minimum absolute atomic E-state index is 0.0196. The second-order valence-electron chi connectivity index (χ2n) is 2.62. The average molecular weight is 329 g/mol. The predicted molar refractivity (Wildman–Crippen MR) is 61.6 cm³/mol. The van der Waals surface area contributed by atoms with Gasteiger partial charge in [0, 0.05) is 6.07 Å². The summed E-state index contributed by atoms with van der Waals surface area (Å²) in [6, 6.07) is 6.12. The first-order valence-corrected chi connectivity index (χ1v) is 5.05. The molecule has 80 valence electrons. The van der Waals surface area contributed by atoms with E-state index in [0.717, 1.165) is 6.07 Å². The van der Waals surface area contributed by atoms with Crippen LogP contribution >= 0.6 is 22.6 Å². The van der Waals surface area contributed by atoms with Gasteiger partial charge in [-0.3, -0.25) is 10.1 Å². The van der Waals surface area contributed by atoms with Gasteiger partial charge in [0.05, 0.1) is 20.1 Å². The van der Waals surface area contributed by atoms with Gasteiger partial charge in [0.2, 0.25) is 5.75 Å². The van der Waals surface area contributed by atoms with Crippen LogP contribution in [-0.2, 0) is 0 Å². The highest BCUT2D eigenvalue weighted by Crippen LogP contribution is 2.33. The molecule has 16 heavy (non-hydrogen) atoms. The number of benzene rings is 1. The Kier molecular flexibility index (Phi) is 4.03. The molecule has 0 N–H and O–H groups in total. The lowest BCUT2D eigenvalue weighted by atomic mass is 10.2. The first kappa shape index (κ1) is 12.2. The summed E-state index contributed by atoms with van der Waals surface area (Å²) >= 11 is 1.82. The highest BCUT2D eigenvalue weighted by Gasteiger charge is 2.20. The summed E-state index contributed by atoms with van der Waals surface area (Å²) in [4.78, 5) is 10.1. The Hall–Kier alpha value is -1.87. The van der Waals surface area contributed by atoms with Crippen LogP contribution in [0.3, 0.4) is 0 Å². The third kappa shape index (κ3) is 2.58. The van der Waals surface area contributed by atoms with Crippen molar-refractivity contribution in [2.75, 3.05) is 6.61 Å². The van der Waals surface area contributed by atoms with Gasteiger partial charge in [-0.15, -0.1) is 0 Å². The lowest BCUT2D eigenvalue weighted by molar-refractivity contribution is -0.385. The smallest absolute Gasteiger partial charge is 0.313 e. The maximum atomic E-state index is 10.7. The van der Waals surface area contributed by atoms with Crippen molar-refractivity contribution in [3.8, 4) is 17.9 Å². The van der Waals surface area contributed by atoms with Crippen LogP contribution in [0.15, 0.2) is 12.1 Å². The zero-order valence-electron chi connectivity index (χ0n) is 7.81. The molecule has 0 bridgehead atoms. The lowest BCUT2D eigenvalue weighted by Gasteiger charge is -2.05. The number of rotatable bonds is 3. The normalized spacial score (nSPS) is 8.94. The maximum Gasteiger partial charge on any atom is 0.313 e. The maximum absolute atomic E-state index is 10.7. The second kappa shape index (κ2) is 5.28. The number of hydrogen-bond donors (Lipinski definition) is 0. The first-order chi connectivity index (χ1) is 7.60. The third-order valence-electron chi connectivity index (χ3n) is 1.63. The van der Waals surface area contributed by atoms with Gasteiger partial charge in [-0.25, -0.2) is 0 Å². The summed E-state index contributed by atoms with van der Waals surface area (Å²) < 4.78 is 5.39. The van der Waals surface area contributed by atoms with Gasteiger partial charge in [0.15, 0.2) is 6.61 Å². The highest BCUT2D eigenvalue weighted by atomic mass is 127. The Morgan fingerprint density at radius 1 is 1.50 bits per heavy atom. The van der Waals surface area contributed by atoms with E-state index in [9.17, 15) is 10.1 Å². The van der Waals surface area contributed by atoms with Crippen LogP contribution in [0.25, 0.3) is 0 Å². The monoisotopic (exact) mass is 329 g/mol. The van der Waals surface area contributed by atoms with Gasteiger partial charge in [-0.2, -0.15) is 10.5 Å². The number of halogens is 1. The quantitative estimate of drug-likeness (QED) is 0.479. The summed E-state index contributed by atoms with van der Waals surface area (Å²) in [5.41, 5.74) is -0.126. The number of nitro groups is 1. The van der Waals surface area contributed by atoms with E-state index in [2.05, 4.69) is 0 Å². The largest absolute Gasteiger partial charge is 0.471 e. The van der Waals surface area contributed by atoms with E-state index in [0.29, 0.717) is 3.57 Å². The number of nitriles is 2. The van der Waals surface area contributed by atoms with Gasteiger partial charge in [0.1, 0.15) is 6.07 Å². The molecule has 0 atom stereocenters. The van der Waals surface area contributed by atoms with Crippen LogP contribution < -0.4 is 4.74 Å². The Bertz CT molecular complexity index is 516. The summed E-state index contributed by atoms with van der Waals surface area (Å²) in [6.07, 6.45) is 0. The van der Waals surface area contributed by atoms with Crippen LogP contribution in [0.4, 0.5) is 5.69 Å². The molecular weight excluding hydrogens is 325 g/mol. The summed E-state index contributed by atoms with van der Waals surface area (Å²) in [6.45, 7) is -0.275. The molecular formula is C9H4IN3O3. The van der Waals surface area contributed by atoms with Crippen LogP contribution in [0, 0.1) is 36.3 Å². The second-order valence-corrected chi connectivity index (χ2v) is 3.78. The molecule has 0 heterocycles. The molecule has 0 unspecified atom stereocenters. The molecule has 0 aromatic heterocycles. The van der Waals surface area contributed by atoms with Crippen molar-refractivity contribution < 1.29 is 9.66 Å². The Labute approximate surface area is 104 Å². The average Bonchev–Trinajstić information content (AvgIpc) is 2.26. The van der Waals surface area contributed by atoms with Crippen LogP contribution in [-0.4, -0.2) is 11.5 Å². The molecule has 1 aromatic carbocycles. The number of ether oxygens (including phenoxy) is 1. The fourth-order valence-electron chi connectivity index (χ4n) is 1.03.